The highest BCUT2D eigenvalue weighted by Gasteiger charge is 2.35. The van der Waals surface area contributed by atoms with Crippen molar-refractivity contribution in [1.82, 2.24) is 25.3 Å². The topological polar surface area (TPSA) is 183 Å². The van der Waals surface area contributed by atoms with Crippen LogP contribution in [0.25, 0.3) is 0 Å². The van der Waals surface area contributed by atoms with Crippen LogP contribution in [0, 0.1) is 5.92 Å². The first-order valence-electron chi connectivity index (χ1n) is 13.9. The number of rotatable bonds is 15. The zero-order valence-electron chi connectivity index (χ0n) is 23.6. The number of imide groups is 1. The predicted octanol–water partition coefficient (Wildman–Crippen LogP) is 1.74. The normalized spacial score (nSPS) is 18.2. The van der Waals surface area contributed by atoms with Gasteiger partial charge in [-0.05, 0) is 39.5 Å². The van der Waals surface area contributed by atoms with Gasteiger partial charge in [-0.3, -0.25) is 10.1 Å². The fraction of sp³-hybridized carbons (Fsp3) is 0.808. The molecule has 4 atom stereocenters. The van der Waals surface area contributed by atoms with Crippen molar-refractivity contribution in [3.63, 3.8) is 0 Å². The lowest BCUT2D eigenvalue weighted by Gasteiger charge is -2.34. The van der Waals surface area contributed by atoms with E-state index >= 15 is 0 Å². The van der Waals surface area contributed by atoms with Crippen LogP contribution in [0.2, 0.25) is 0 Å². The van der Waals surface area contributed by atoms with E-state index in [-0.39, 0.29) is 18.9 Å². The molecule has 2 rings (SSSR count). The number of hydrogen-bond donors (Lipinski definition) is 6. The van der Waals surface area contributed by atoms with Crippen molar-refractivity contribution in [2.45, 2.75) is 115 Å². The summed E-state index contributed by atoms with van der Waals surface area (Å²) < 4.78 is 32.6. The largest absolute Gasteiger partial charge is 0.444 e. The van der Waals surface area contributed by atoms with E-state index < -0.39 is 57.7 Å². The molecule has 1 aromatic heterocycles. The number of hydrogen-bond acceptors (Lipinski definition) is 9. The van der Waals surface area contributed by atoms with Gasteiger partial charge in [0.25, 0.3) is 0 Å². The molecule has 0 bridgehead atoms. The number of aromatic amines is 1. The Morgan fingerprint density at radius 1 is 1.21 bits per heavy atom. The number of sulfonamides is 1. The van der Waals surface area contributed by atoms with Crippen molar-refractivity contribution < 1.29 is 33.0 Å². The Labute approximate surface area is 232 Å². The van der Waals surface area contributed by atoms with Crippen LogP contribution in [0.4, 0.5) is 4.79 Å². The van der Waals surface area contributed by atoms with Gasteiger partial charge in [-0.1, -0.05) is 45.4 Å². The molecule has 1 saturated carbocycles. The van der Waals surface area contributed by atoms with Crippen molar-refractivity contribution >= 4 is 22.0 Å². The molecule has 0 unspecified atom stereocenters. The first kappa shape index (κ1) is 33.1. The zero-order valence-corrected chi connectivity index (χ0v) is 24.4. The molecule has 0 saturated heterocycles. The minimum atomic E-state index is -3.83. The summed E-state index contributed by atoms with van der Waals surface area (Å²) in [6.07, 6.45) is 6.13. The Bertz CT molecular complexity index is 975. The number of imidazole rings is 1. The molecule has 13 heteroatoms. The molecule has 1 heterocycles. The van der Waals surface area contributed by atoms with Crippen molar-refractivity contribution in [3.8, 4) is 0 Å². The Morgan fingerprint density at radius 2 is 1.90 bits per heavy atom. The Kier molecular flexibility index (Phi) is 13.3. The summed E-state index contributed by atoms with van der Waals surface area (Å²) in [5.41, 5.74) is -0.196. The minimum absolute atomic E-state index is 0.107. The van der Waals surface area contributed by atoms with Crippen molar-refractivity contribution in [3.05, 3.63) is 18.2 Å². The number of nitrogens with one attached hydrogen (secondary N) is 4. The number of carbonyl (C=O) groups is 2. The minimum Gasteiger partial charge on any atom is -0.444 e. The van der Waals surface area contributed by atoms with Gasteiger partial charge in [-0.15, -0.1) is 0 Å². The summed E-state index contributed by atoms with van der Waals surface area (Å²) in [6, 6.07) is -1.82. The molecule has 1 aliphatic carbocycles. The number of nitrogens with zero attached hydrogens (tertiary/aromatic N) is 1. The predicted molar refractivity (Wildman–Crippen MR) is 147 cm³/mol. The molecule has 224 valence electrons. The number of unbranched alkanes of at least 4 members (excludes halogenated alkanes) is 1. The number of aliphatic hydroxyl groups excluding tert-OH is 2. The molecule has 0 aromatic carbocycles. The van der Waals surface area contributed by atoms with E-state index in [1.54, 1.807) is 27.0 Å². The molecule has 39 heavy (non-hydrogen) atoms. The van der Waals surface area contributed by atoms with Crippen LogP contribution in [-0.2, 0) is 26.0 Å². The van der Waals surface area contributed by atoms with Crippen molar-refractivity contribution in [2.75, 3.05) is 12.3 Å². The fourth-order valence-electron chi connectivity index (χ4n) is 4.74. The molecule has 6 N–H and O–H groups in total. The van der Waals surface area contributed by atoms with E-state index in [4.69, 9.17) is 4.74 Å². The highest BCUT2D eigenvalue weighted by molar-refractivity contribution is 7.89. The SMILES string of the molecule is CCCCNS(=O)(=O)C[C@H](O)[C@H](O)[C@H](CC1CCCCC1)N[C@@H](Cc1cnc[nH]1)C(=O)NC(=O)OC(C)(C)C. The van der Waals surface area contributed by atoms with Gasteiger partial charge in [0.05, 0.1) is 30.3 Å². The quantitative estimate of drug-likeness (QED) is 0.170. The molecule has 0 aliphatic heterocycles. The van der Waals surface area contributed by atoms with Crippen molar-refractivity contribution in [2.24, 2.45) is 5.92 Å². The standard InChI is InChI=1S/C26H47N5O7S/c1-5-6-12-29-39(36,37)16-22(32)23(33)20(13-18-10-8-7-9-11-18)30-21(14-19-15-27-17-28-19)24(34)31-25(35)38-26(2,3)4/h15,17-18,20-23,29-30,32-33H,5-14,16H2,1-4H3,(H,27,28)(H,31,34,35)/t20-,21-,22-,23+/m0/s1. The highest BCUT2D eigenvalue weighted by Crippen LogP contribution is 2.29. The van der Waals surface area contributed by atoms with Gasteiger partial charge >= 0.3 is 6.09 Å². The second-order valence-electron chi connectivity index (χ2n) is 11.4. The van der Waals surface area contributed by atoms with Gasteiger partial charge in [0, 0.05) is 30.9 Å². The summed E-state index contributed by atoms with van der Waals surface area (Å²) in [4.78, 5) is 32.4. The molecular formula is C26H47N5O7S. The van der Waals surface area contributed by atoms with E-state index in [0.717, 1.165) is 38.5 Å². The second kappa shape index (κ2) is 15.7. The van der Waals surface area contributed by atoms with Crippen molar-refractivity contribution in [1.29, 1.82) is 0 Å². The summed E-state index contributed by atoms with van der Waals surface area (Å²) in [5, 5.41) is 27.4. The Hall–Kier alpha value is -2.06. The average molecular weight is 574 g/mol. The lowest BCUT2D eigenvalue weighted by molar-refractivity contribution is -0.123. The highest BCUT2D eigenvalue weighted by atomic mass is 32.2. The smallest absolute Gasteiger partial charge is 0.414 e. The van der Waals surface area contributed by atoms with Crippen LogP contribution >= 0.6 is 0 Å². The van der Waals surface area contributed by atoms with E-state index in [9.17, 15) is 28.2 Å². The van der Waals surface area contributed by atoms with Gasteiger partial charge in [0.15, 0.2) is 0 Å². The van der Waals surface area contributed by atoms with Crippen LogP contribution < -0.4 is 15.4 Å². The molecule has 12 nitrogen and oxygen atoms in total. The van der Waals surface area contributed by atoms with Crippen LogP contribution in [0.1, 0.15) is 84.8 Å². The monoisotopic (exact) mass is 573 g/mol. The summed E-state index contributed by atoms with van der Waals surface area (Å²) in [7, 11) is -3.83. The molecule has 0 spiro atoms. The van der Waals surface area contributed by atoms with E-state index in [2.05, 4.69) is 25.3 Å². The maximum absolute atomic E-state index is 13.2. The van der Waals surface area contributed by atoms with Gasteiger partial charge in [0.2, 0.25) is 15.9 Å². The number of alkyl carbamates (subject to hydrolysis) is 1. The van der Waals surface area contributed by atoms with Gasteiger partial charge < -0.3 is 25.3 Å². The third kappa shape index (κ3) is 12.8. The van der Waals surface area contributed by atoms with Gasteiger partial charge in [0.1, 0.15) is 5.60 Å². The summed E-state index contributed by atoms with van der Waals surface area (Å²) in [5.74, 6) is -1.11. The van der Waals surface area contributed by atoms with Crippen LogP contribution in [0.5, 0.6) is 0 Å². The molecular weight excluding hydrogens is 526 g/mol. The van der Waals surface area contributed by atoms with Crippen LogP contribution in [0.15, 0.2) is 12.5 Å². The molecule has 1 fully saturated rings. The number of aliphatic hydroxyl groups is 2. The van der Waals surface area contributed by atoms with E-state index in [1.807, 2.05) is 6.92 Å². The molecule has 1 aliphatic rings. The number of aromatic nitrogens is 2. The summed E-state index contributed by atoms with van der Waals surface area (Å²) >= 11 is 0. The number of amides is 2. The van der Waals surface area contributed by atoms with E-state index in [1.165, 1.54) is 6.33 Å². The lowest BCUT2D eigenvalue weighted by Crippen LogP contribution is -2.57. The third-order valence-corrected chi connectivity index (χ3v) is 8.12. The molecule has 0 radical (unpaired) electrons. The molecule has 1 aromatic rings. The Balaban J connectivity index is 2.23. The van der Waals surface area contributed by atoms with Gasteiger partial charge in [-0.25, -0.2) is 22.9 Å². The zero-order chi connectivity index (χ0) is 29.1. The first-order chi connectivity index (χ1) is 18.3. The first-order valence-corrected chi connectivity index (χ1v) is 15.6. The van der Waals surface area contributed by atoms with Gasteiger partial charge in [-0.2, -0.15) is 0 Å². The maximum atomic E-state index is 13.2. The number of ether oxygens (including phenoxy) is 1. The number of H-pyrrole nitrogens is 1. The average Bonchev–Trinajstić information content (AvgIpc) is 3.35. The summed E-state index contributed by atoms with van der Waals surface area (Å²) in [6.45, 7) is 7.23. The maximum Gasteiger partial charge on any atom is 0.414 e. The fourth-order valence-corrected chi connectivity index (χ4v) is 5.96. The second-order valence-corrected chi connectivity index (χ2v) is 13.3. The number of carbonyl (C=O) groups excluding carboxylic acids is 2. The van der Waals surface area contributed by atoms with Crippen LogP contribution in [-0.4, -0.2) is 82.8 Å². The Morgan fingerprint density at radius 3 is 2.49 bits per heavy atom. The lowest BCUT2D eigenvalue weighted by atomic mass is 9.83. The molecule has 2 amide bonds. The third-order valence-electron chi connectivity index (χ3n) is 6.70. The van der Waals surface area contributed by atoms with Crippen LogP contribution in [0.3, 0.4) is 0 Å². The van der Waals surface area contributed by atoms with E-state index in [0.29, 0.717) is 18.5 Å².